The molecule has 2 nitrogen and oxygen atoms in total. The number of benzene rings is 2. The minimum Gasteiger partial charge on any atom is -0.307 e. The van der Waals surface area contributed by atoms with Crippen molar-refractivity contribution in [1.82, 2.24) is 0 Å². The van der Waals surface area contributed by atoms with Gasteiger partial charge in [-0.25, -0.2) is 0 Å². The Morgan fingerprint density at radius 3 is 2.73 bits per heavy atom. The minimum atomic E-state index is 0.104. The average Bonchev–Trinajstić information content (AvgIpc) is 2.72. The van der Waals surface area contributed by atoms with E-state index in [0.717, 1.165) is 29.1 Å². The molecule has 114 valence electrons. The second-order valence-electron chi connectivity index (χ2n) is 5.34. The summed E-state index contributed by atoms with van der Waals surface area (Å²) in [5.41, 5.74) is 1.84. The molecule has 0 fully saturated rings. The van der Waals surface area contributed by atoms with E-state index in [-0.39, 0.29) is 5.91 Å². The number of nitrogens with zero attached hydrogens (tertiary/aromatic N) is 1. The first-order valence-electron chi connectivity index (χ1n) is 7.41. The van der Waals surface area contributed by atoms with Crippen LogP contribution in [0.3, 0.4) is 0 Å². The fraction of sp³-hybridized carbons (Fsp3) is 0.278. The van der Waals surface area contributed by atoms with Crippen LogP contribution in [0.1, 0.15) is 23.7 Å². The zero-order chi connectivity index (χ0) is 15.5. The molecular formula is C18H19NOS2. The SMILES string of the molecule is CSc1ccccc1C(=O)N1CC[C@@H](C)Sc2ccccc21. The van der Waals surface area contributed by atoms with Crippen LogP contribution in [0.5, 0.6) is 0 Å². The molecule has 3 rings (SSSR count). The van der Waals surface area contributed by atoms with Crippen LogP contribution in [0.25, 0.3) is 0 Å². The number of hydrogen-bond acceptors (Lipinski definition) is 3. The largest absolute Gasteiger partial charge is 0.307 e. The molecule has 0 bridgehead atoms. The maximum Gasteiger partial charge on any atom is 0.259 e. The lowest BCUT2D eigenvalue weighted by Gasteiger charge is -2.23. The maximum atomic E-state index is 13.1. The fourth-order valence-corrected chi connectivity index (χ4v) is 4.37. The molecule has 0 radical (unpaired) electrons. The normalized spacial score (nSPS) is 17.7. The van der Waals surface area contributed by atoms with Crippen molar-refractivity contribution in [3.63, 3.8) is 0 Å². The lowest BCUT2D eigenvalue weighted by molar-refractivity contribution is 0.0983. The molecule has 0 aliphatic carbocycles. The topological polar surface area (TPSA) is 20.3 Å². The van der Waals surface area contributed by atoms with Crippen LogP contribution in [-0.2, 0) is 0 Å². The number of fused-ring (bicyclic) bond motifs is 1. The number of anilines is 1. The van der Waals surface area contributed by atoms with Gasteiger partial charge in [0, 0.05) is 21.6 Å². The molecule has 0 unspecified atom stereocenters. The van der Waals surface area contributed by atoms with Gasteiger partial charge in [-0.3, -0.25) is 4.79 Å². The Morgan fingerprint density at radius 1 is 1.18 bits per heavy atom. The van der Waals surface area contributed by atoms with Gasteiger partial charge < -0.3 is 4.90 Å². The van der Waals surface area contributed by atoms with Gasteiger partial charge in [0.15, 0.2) is 0 Å². The number of thioether (sulfide) groups is 2. The van der Waals surface area contributed by atoms with Crippen molar-refractivity contribution >= 4 is 35.1 Å². The van der Waals surface area contributed by atoms with Crippen LogP contribution >= 0.6 is 23.5 Å². The Balaban J connectivity index is 2.02. The quantitative estimate of drug-likeness (QED) is 0.728. The third-order valence-electron chi connectivity index (χ3n) is 3.83. The zero-order valence-electron chi connectivity index (χ0n) is 12.8. The molecule has 22 heavy (non-hydrogen) atoms. The Morgan fingerprint density at radius 2 is 1.91 bits per heavy atom. The molecule has 2 aromatic rings. The molecule has 1 atom stereocenters. The van der Waals surface area contributed by atoms with Gasteiger partial charge >= 0.3 is 0 Å². The first kappa shape index (κ1) is 15.5. The van der Waals surface area contributed by atoms with Gasteiger partial charge in [0.05, 0.1) is 11.3 Å². The van der Waals surface area contributed by atoms with Gasteiger partial charge in [-0.2, -0.15) is 0 Å². The molecule has 0 spiro atoms. The van der Waals surface area contributed by atoms with Crippen LogP contribution in [-0.4, -0.2) is 24.0 Å². The van der Waals surface area contributed by atoms with Crippen LogP contribution < -0.4 is 4.90 Å². The molecule has 1 heterocycles. The highest BCUT2D eigenvalue weighted by Gasteiger charge is 2.26. The predicted octanol–water partition coefficient (Wildman–Crippen LogP) is 4.94. The van der Waals surface area contributed by atoms with Crippen LogP contribution in [0.4, 0.5) is 5.69 Å². The second kappa shape index (κ2) is 6.80. The zero-order valence-corrected chi connectivity index (χ0v) is 14.4. The summed E-state index contributed by atoms with van der Waals surface area (Å²) >= 11 is 3.48. The Bertz CT molecular complexity index is 686. The third-order valence-corrected chi connectivity index (χ3v) is 5.86. The molecule has 1 amide bonds. The number of carbonyl (C=O) groups is 1. The second-order valence-corrected chi connectivity index (χ2v) is 7.67. The van der Waals surface area contributed by atoms with E-state index in [2.05, 4.69) is 19.1 Å². The van der Waals surface area contributed by atoms with Crippen molar-refractivity contribution in [3.05, 3.63) is 54.1 Å². The molecule has 0 saturated heterocycles. The summed E-state index contributed by atoms with van der Waals surface area (Å²) in [7, 11) is 0. The van der Waals surface area contributed by atoms with E-state index in [1.807, 2.05) is 59.3 Å². The lowest BCUT2D eigenvalue weighted by Crippen LogP contribution is -2.32. The number of amides is 1. The Labute approximate surface area is 140 Å². The van der Waals surface area contributed by atoms with E-state index in [1.54, 1.807) is 11.8 Å². The van der Waals surface area contributed by atoms with Crippen LogP contribution in [0.2, 0.25) is 0 Å². The summed E-state index contributed by atoms with van der Waals surface area (Å²) in [6.07, 6.45) is 3.02. The highest BCUT2D eigenvalue weighted by molar-refractivity contribution is 8.00. The van der Waals surface area contributed by atoms with Gasteiger partial charge in [-0.05, 0) is 36.9 Å². The molecule has 0 aromatic heterocycles. The smallest absolute Gasteiger partial charge is 0.259 e. The van der Waals surface area contributed by atoms with Crippen molar-refractivity contribution in [1.29, 1.82) is 0 Å². The van der Waals surface area contributed by atoms with Gasteiger partial charge in [0.2, 0.25) is 0 Å². The van der Waals surface area contributed by atoms with E-state index in [4.69, 9.17) is 0 Å². The monoisotopic (exact) mass is 329 g/mol. The minimum absolute atomic E-state index is 0.104. The van der Waals surface area contributed by atoms with E-state index < -0.39 is 0 Å². The van der Waals surface area contributed by atoms with Crippen molar-refractivity contribution in [2.45, 2.75) is 28.4 Å². The Kier molecular flexibility index (Phi) is 4.79. The molecule has 2 aromatic carbocycles. The van der Waals surface area contributed by atoms with E-state index in [9.17, 15) is 4.79 Å². The molecule has 0 saturated carbocycles. The summed E-state index contributed by atoms with van der Waals surface area (Å²) in [6.45, 7) is 3.00. The van der Waals surface area contributed by atoms with E-state index in [1.165, 1.54) is 4.90 Å². The van der Waals surface area contributed by atoms with Crippen molar-refractivity contribution in [2.75, 3.05) is 17.7 Å². The molecule has 0 N–H and O–H groups in total. The summed E-state index contributed by atoms with van der Waals surface area (Å²) < 4.78 is 0. The van der Waals surface area contributed by atoms with Crippen LogP contribution in [0, 0.1) is 0 Å². The highest BCUT2D eigenvalue weighted by atomic mass is 32.2. The molecule has 4 heteroatoms. The maximum absolute atomic E-state index is 13.1. The standard InChI is InChI=1S/C18H19NOS2/c1-13-11-12-19(15-8-4-6-10-17(15)22-13)18(20)14-7-3-5-9-16(14)21-2/h3-10,13H,11-12H2,1-2H3/t13-/m1/s1. The first-order valence-corrected chi connectivity index (χ1v) is 9.51. The highest BCUT2D eigenvalue weighted by Crippen LogP contribution is 2.38. The number of carbonyl (C=O) groups excluding carboxylic acids is 1. The van der Waals surface area contributed by atoms with Gasteiger partial charge in [0.1, 0.15) is 0 Å². The number of rotatable bonds is 2. The number of hydrogen-bond donors (Lipinski definition) is 0. The van der Waals surface area contributed by atoms with Crippen molar-refractivity contribution in [2.24, 2.45) is 0 Å². The third kappa shape index (κ3) is 3.03. The van der Waals surface area contributed by atoms with E-state index in [0.29, 0.717) is 5.25 Å². The van der Waals surface area contributed by atoms with Crippen LogP contribution in [0.15, 0.2) is 58.3 Å². The first-order chi connectivity index (χ1) is 10.7. The van der Waals surface area contributed by atoms with E-state index >= 15 is 0 Å². The molecular weight excluding hydrogens is 310 g/mol. The molecule has 1 aliphatic rings. The number of para-hydroxylation sites is 1. The lowest BCUT2D eigenvalue weighted by atomic mass is 10.1. The Hall–Kier alpha value is -1.39. The molecule has 1 aliphatic heterocycles. The predicted molar refractivity (Wildman–Crippen MR) is 96.3 cm³/mol. The van der Waals surface area contributed by atoms with Crippen molar-refractivity contribution in [3.8, 4) is 0 Å². The average molecular weight is 329 g/mol. The van der Waals surface area contributed by atoms with Gasteiger partial charge in [-0.15, -0.1) is 23.5 Å². The van der Waals surface area contributed by atoms with Gasteiger partial charge in [0.25, 0.3) is 5.91 Å². The summed E-state index contributed by atoms with van der Waals surface area (Å²) in [6, 6.07) is 16.1. The summed E-state index contributed by atoms with van der Waals surface area (Å²) in [5, 5.41) is 0.523. The summed E-state index contributed by atoms with van der Waals surface area (Å²) in [4.78, 5) is 17.3. The van der Waals surface area contributed by atoms with Crippen molar-refractivity contribution < 1.29 is 4.79 Å². The fourth-order valence-electron chi connectivity index (χ4n) is 2.66. The van der Waals surface area contributed by atoms with Gasteiger partial charge in [-0.1, -0.05) is 31.2 Å². The summed E-state index contributed by atoms with van der Waals surface area (Å²) in [5.74, 6) is 0.104.